The maximum Gasteiger partial charge on any atom is 0.234 e. The number of hydrogen-bond acceptors (Lipinski definition) is 4. The molecule has 1 saturated heterocycles. The van der Waals surface area contributed by atoms with Gasteiger partial charge in [-0.25, -0.2) is 0 Å². The average Bonchev–Trinajstić information content (AvgIpc) is 2.50. The van der Waals surface area contributed by atoms with Crippen LogP contribution >= 0.6 is 0 Å². The summed E-state index contributed by atoms with van der Waals surface area (Å²) in [5.74, 6) is -0.0336. The molecule has 0 aromatic heterocycles. The van der Waals surface area contributed by atoms with Gasteiger partial charge in [0.1, 0.15) is 0 Å². The minimum absolute atomic E-state index is 0.0282. The lowest BCUT2D eigenvalue weighted by Gasteiger charge is -2.33. The van der Waals surface area contributed by atoms with E-state index in [0.29, 0.717) is 32.5 Å². The van der Waals surface area contributed by atoms with Crippen molar-refractivity contribution in [2.24, 2.45) is 0 Å². The van der Waals surface area contributed by atoms with Crippen LogP contribution < -0.4 is 5.32 Å². The van der Waals surface area contributed by atoms with E-state index in [2.05, 4.69) is 5.32 Å². The highest BCUT2D eigenvalue weighted by molar-refractivity contribution is 5.78. The predicted octanol–water partition coefficient (Wildman–Crippen LogP) is 1.21. The second-order valence-electron chi connectivity index (χ2n) is 5.62. The van der Waals surface area contributed by atoms with Gasteiger partial charge in [0.2, 0.25) is 5.91 Å². The van der Waals surface area contributed by atoms with Gasteiger partial charge in [0.25, 0.3) is 0 Å². The number of rotatable bonds is 4. The van der Waals surface area contributed by atoms with E-state index in [4.69, 9.17) is 5.26 Å². The Hall–Kier alpha value is -1.90. The largest absolute Gasteiger partial charge is 0.375 e. The number of amides is 1. The molecule has 1 amide bonds. The summed E-state index contributed by atoms with van der Waals surface area (Å²) >= 11 is 0. The fourth-order valence-electron chi connectivity index (χ4n) is 2.51. The first-order chi connectivity index (χ1) is 10.0. The molecule has 112 valence electrons. The highest BCUT2D eigenvalue weighted by Crippen LogP contribution is 2.20. The second-order valence-corrected chi connectivity index (χ2v) is 5.62. The van der Waals surface area contributed by atoms with E-state index in [-0.39, 0.29) is 11.9 Å². The lowest BCUT2D eigenvalue weighted by atomic mass is 9.93. The fraction of sp³-hybridized carbons (Fsp3) is 0.500. The molecule has 0 spiro atoms. The Labute approximate surface area is 125 Å². The first-order valence-corrected chi connectivity index (χ1v) is 7.23. The first-order valence-electron chi connectivity index (χ1n) is 7.23. The Morgan fingerprint density at radius 3 is 2.62 bits per heavy atom. The van der Waals surface area contributed by atoms with Crippen LogP contribution in [-0.4, -0.2) is 41.1 Å². The molecule has 0 radical (unpaired) electrons. The Kier molecular flexibility index (Phi) is 4.94. The summed E-state index contributed by atoms with van der Waals surface area (Å²) in [6, 6.07) is 11.7. The van der Waals surface area contributed by atoms with Crippen LogP contribution in [0.3, 0.4) is 0 Å². The molecule has 1 aliphatic rings. The van der Waals surface area contributed by atoms with E-state index in [9.17, 15) is 9.90 Å². The molecule has 2 rings (SSSR count). The lowest BCUT2D eigenvalue weighted by molar-refractivity contribution is -0.123. The van der Waals surface area contributed by atoms with Crippen molar-refractivity contribution in [1.82, 2.24) is 10.2 Å². The summed E-state index contributed by atoms with van der Waals surface area (Å²) in [5, 5.41) is 21.7. The standard InChI is InChI=1S/C16H21N3O2/c1-13(14-5-3-2-4-6-14)18-15(20)11-19-9-7-16(21,12-17)8-10-19/h2-6,13,21H,7-11H2,1H3,(H,18,20)/t13-/m0/s1. The van der Waals surface area contributed by atoms with Crippen molar-refractivity contribution in [2.45, 2.75) is 31.4 Å². The lowest BCUT2D eigenvalue weighted by Crippen LogP contribution is -2.47. The van der Waals surface area contributed by atoms with Crippen molar-refractivity contribution in [3.63, 3.8) is 0 Å². The number of benzene rings is 1. The number of nitrogens with zero attached hydrogens (tertiary/aromatic N) is 2. The molecule has 1 heterocycles. The molecular weight excluding hydrogens is 266 g/mol. The minimum Gasteiger partial charge on any atom is -0.375 e. The van der Waals surface area contributed by atoms with Crippen LogP contribution in [0.5, 0.6) is 0 Å². The van der Waals surface area contributed by atoms with Crippen molar-refractivity contribution in [3.05, 3.63) is 35.9 Å². The Morgan fingerprint density at radius 1 is 1.43 bits per heavy atom. The topological polar surface area (TPSA) is 76.4 Å². The molecule has 0 aliphatic carbocycles. The Bertz CT molecular complexity index is 516. The van der Waals surface area contributed by atoms with Crippen molar-refractivity contribution in [2.75, 3.05) is 19.6 Å². The van der Waals surface area contributed by atoms with E-state index in [1.165, 1.54) is 0 Å². The maximum absolute atomic E-state index is 12.0. The van der Waals surface area contributed by atoms with E-state index >= 15 is 0 Å². The van der Waals surface area contributed by atoms with Crippen LogP contribution in [0.15, 0.2) is 30.3 Å². The van der Waals surface area contributed by atoms with Crippen molar-refractivity contribution in [1.29, 1.82) is 5.26 Å². The quantitative estimate of drug-likeness (QED) is 0.816. The van der Waals surface area contributed by atoms with E-state index in [1.807, 2.05) is 48.2 Å². The molecular formula is C16H21N3O2. The molecule has 1 atom stereocenters. The zero-order chi connectivity index (χ0) is 15.3. The number of hydrogen-bond donors (Lipinski definition) is 2. The van der Waals surface area contributed by atoms with Gasteiger partial charge in [0.15, 0.2) is 5.60 Å². The van der Waals surface area contributed by atoms with Gasteiger partial charge in [-0.15, -0.1) is 0 Å². The summed E-state index contributed by atoms with van der Waals surface area (Å²) in [7, 11) is 0. The van der Waals surface area contributed by atoms with E-state index in [1.54, 1.807) is 0 Å². The minimum atomic E-state index is -1.22. The number of carbonyl (C=O) groups is 1. The molecule has 2 N–H and O–H groups in total. The maximum atomic E-state index is 12.0. The first kappa shape index (κ1) is 15.5. The highest BCUT2D eigenvalue weighted by atomic mass is 16.3. The number of nitriles is 1. The molecule has 0 saturated carbocycles. The molecule has 5 nitrogen and oxygen atoms in total. The Morgan fingerprint density at radius 2 is 2.05 bits per heavy atom. The van der Waals surface area contributed by atoms with Gasteiger partial charge in [-0.05, 0) is 12.5 Å². The third-order valence-corrected chi connectivity index (χ3v) is 3.94. The second kappa shape index (κ2) is 6.70. The van der Waals surface area contributed by atoms with Crippen molar-refractivity contribution < 1.29 is 9.90 Å². The van der Waals surface area contributed by atoms with E-state index in [0.717, 1.165) is 5.56 Å². The number of piperidine rings is 1. The third kappa shape index (κ3) is 4.28. The van der Waals surface area contributed by atoms with Crippen LogP contribution in [-0.2, 0) is 4.79 Å². The van der Waals surface area contributed by atoms with Crippen LogP contribution in [0.2, 0.25) is 0 Å². The zero-order valence-electron chi connectivity index (χ0n) is 12.2. The van der Waals surface area contributed by atoms with Gasteiger partial charge in [0, 0.05) is 25.9 Å². The van der Waals surface area contributed by atoms with Crippen molar-refractivity contribution in [3.8, 4) is 6.07 Å². The smallest absolute Gasteiger partial charge is 0.234 e. The van der Waals surface area contributed by atoms with Crippen LogP contribution in [0.25, 0.3) is 0 Å². The summed E-state index contributed by atoms with van der Waals surface area (Å²) in [4.78, 5) is 14.0. The van der Waals surface area contributed by atoms with Crippen LogP contribution in [0, 0.1) is 11.3 Å². The summed E-state index contributed by atoms with van der Waals surface area (Å²) in [6.45, 7) is 3.39. The normalized spacial score (nSPS) is 19.5. The number of nitrogens with one attached hydrogen (secondary N) is 1. The SMILES string of the molecule is C[C@H](NC(=O)CN1CCC(O)(C#N)CC1)c1ccccc1. The predicted molar refractivity (Wildman–Crippen MR) is 79.2 cm³/mol. The third-order valence-electron chi connectivity index (χ3n) is 3.94. The highest BCUT2D eigenvalue weighted by Gasteiger charge is 2.32. The molecule has 1 aromatic carbocycles. The van der Waals surface area contributed by atoms with Gasteiger partial charge in [-0.2, -0.15) is 5.26 Å². The average molecular weight is 287 g/mol. The molecule has 0 bridgehead atoms. The molecule has 1 aromatic rings. The summed E-state index contributed by atoms with van der Waals surface area (Å²) in [5.41, 5.74) is -0.145. The molecule has 1 fully saturated rings. The van der Waals surface area contributed by atoms with E-state index < -0.39 is 5.60 Å². The number of aliphatic hydroxyl groups is 1. The van der Waals surface area contributed by atoms with Crippen LogP contribution in [0.1, 0.15) is 31.4 Å². The fourth-order valence-corrected chi connectivity index (χ4v) is 2.51. The van der Waals surface area contributed by atoms with Gasteiger partial charge in [0.05, 0.1) is 18.7 Å². The monoisotopic (exact) mass is 287 g/mol. The number of likely N-dealkylation sites (tertiary alicyclic amines) is 1. The number of carbonyl (C=O) groups excluding carboxylic acids is 1. The summed E-state index contributed by atoms with van der Waals surface area (Å²) < 4.78 is 0. The zero-order valence-corrected chi connectivity index (χ0v) is 12.2. The molecule has 5 heteroatoms. The van der Waals surface area contributed by atoms with Gasteiger partial charge >= 0.3 is 0 Å². The van der Waals surface area contributed by atoms with Gasteiger partial charge in [-0.3, -0.25) is 9.69 Å². The Balaban J connectivity index is 1.80. The van der Waals surface area contributed by atoms with Crippen molar-refractivity contribution >= 4 is 5.91 Å². The van der Waals surface area contributed by atoms with Gasteiger partial charge in [-0.1, -0.05) is 30.3 Å². The molecule has 1 aliphatic heterocycles. The molecule has 0 unspecified atom stereocenters. The summed E-state index contributed by atoms with van der Waals surface area (Å²) in [6.07, 6.45) is 0.788. The van der Waals surface area contributed by atoms with Crippen LogP contribution in [0.4, 0.5) is 0 Å². The van der Waals surface area contributed by atoms with Gasteiger partial charge < -0.3 is 10.4 Å². The molecule has 21 heavy (non-hydrogen) atoms.